The molecule has 0 amide bonds. The van der Waals surface area contributed by atoms with Crippen molar-refractivity contribution in [1.82, 2.24) is 5.32 Å². The number of rotatable bonds is 5. The summed E-state index contributed by atoms with van der Waals surface area (Å²) in [6, 6.07) is 1.51. The van der Waals surface area contributed by atoms with E-state index < -0.39 is 0 Å². The molecule has 0 heterocycles. The van der Waals surface area contributed by atoms with Crippen LogP contribution in [0, 0.1) is 11.8 Å². The largest absolute Gasteiger partial charge is 0.311 e. The summed E-state index contributed by atoms with van der Waals surface area (Å²) in [4.78, 5) is 0. The van der Waals surface area contributed by atoms with Gasteiger partial charge in [-0.1, -0.05) is 33.6 Å². The van der Waals surface area contributed by atoms with Crippen LogP contribution in [0.5, 0.6) is 0 Å². The van der Waals surface area contributed by atoms with Crippen LogP contribution in [0.15, 0.2) is 0 Å². The second-order valence-corrected chi connectivity index (χ2v) is 5.49. The van der Waals surface area contributed by atoms with E-state index in [9.17, 15) is 0 Å². The van der Waals surface area contributed by atoms with E-state index in [2.05, 4.69) is 33.0 Å². The molecule has 0 spiro atoms. The number of nitrogens with one attached hydrogen (secondary N) is 1. The lowest BCUT2D eigenvalue weighted by atomic mass is 9.86. The van der Waals surface area contributed by atoms with E-state index in [1.807, 2.05) is 0 Å². The van der Waals surface area contributed by atoms with Gasteiger partial charge in [-0.05, 0) is 44.4 Å². The van der Waals surface area contributed by atoms with Crippen LogP contribution >= 0.6 is 0 Å². The molecular weight excluding hydrogens is 182 g/mol. The van der Waals surface area contributed by atoms with Gasteiger partial charge in [-0.15, -0.1) is 0 Å². The van der Waals surface area contributed by atoms with Crippen LogP contribution in [0.2, 0.25) is 0 Å². The third-order valence-corrected chi connectivity index (χ3v) is 4.27. The first-order valence-electron chi connectivity index (χ1n) is 6.93. The molecular formula is C14H29N. The highest BCUT2D eigenvalue weighted by Gasteiger charge is 2.21. The van der Waals surface area contributed by atoms with E-state index in [4.69, 9.17) is 0 Å². The Morgan fingerprint density at radius 2 is 1.60 bits per heavy atom. The molecule has 15 heavy (non-hydrogen) atoms. The molecule has 1 unspecified atom stereocenters. The summed E-state index contributed by atoms with van der Waals surface area (Å²) in [6.45, 7) is 9.39. The topological polar surface area (TPSA) is 12.0 Å². The molecule has 1 N–H and O–H groups in total. The summed E-state index contributed by atoms with van der Waals surface area (Å²) < 4.78 is 0. The average Bonchev–Trinajstić information content (AvgIpc) is 2.23. The Hall–Kier alpha value is -0.0400. The fraction of sp³-hybridized carbons (Fsp3) is 1.00. The van der Waals surface area contributed by atoms with Crippen molar-refractivity contribution in [2.45, 2.75) is 78.3 Å². The number of hydrogen-bond donors (Lipinski definition) is 1. The summed E-state index contributed by atoms with van der Waals surface area (Å²) in [6.07, 6.45) is 8.26. The van der Waals surface area contributed by atoms with Gasteiger partial charge in [-0.3, -0.25) is 0 Å². The van der Waals surface area contributed by atoms with Crippen molar-refractivity contribution < 1.29 is 0 Å². The maximum Gasteiger partial charge on any atom is 0.00698 e. The van der Waals surface area contributed by atoms with Gasteiger partial charge in [-0.2, -0.15) is 0 Å². The highest BCUT2D eigenvalue weighted by Crippen LogP contribution is 2.24. The maximum absolute atomic E-state index is 3.84. The summed E-state index contributed by atoms with van der Waals surface area (Å²) in [5.41, 5.74) is 0. The average molecular weight is 211 g/mol. The molecule has 90 valence electrons. The van der Waals surface area contributed by atoms with Crippen molar-refractivity contribution in [1.29, 1.82) is 0 Å². The summed E-state index contributed by atoms with van der Waals surface area (Å²) in [5, 5.41) is 3.84. The molecule has 0 saturated heterocycles. The van der Waals surface area contributed by atoms with Crippen molar-refractivity contribution in [3.05, 3.63) is 0 Å². The van der Waals surface area contributed by atoms with Gasteiger partial charge < -0.3 is 5.32 Å². The van der Waals surface area contributed by atoms with Gasteiger partial charge in [0.2, 0.25) is 0 Å². The predicted molar refractivity (Wildman–Crippen MR) is 68.1 cm³/mol. The standard InChI is InChI=1S/C14H29N/c1-5-13(6-2)12(4)15-14-9-7-11(3)8-10-14/h11-15H,5-10H2,1-4H3. The Morgan fingerprint density at radius 3 is 2.07 bits per heavy atom. The van der Waals surface area contributed by atoms with Crippen LogP contribution in [0.1, 0.15) is 66.2 Å². The molecule has 1 aliphatic rings. The lowest BCUT2D eigenvalue weighted by Gasteiger charge is -2.32. The molecule has 0 aromatic heterocycles. The molecule has 1 heteroatoms. The van der Waals surface area contributed by atoms with Crippen LogP contribution in [0.3, 0.4) is 0 Å². The van der Waals surface area contributed by atoms with Gasteiger partial charge in [0.15, 0.2) is 0 Å². The molecule has 1 fully saturated rings. The SMILES string of the molecule is CCC(CC)C(C)NC1CCC(C)CC1. The van der Waals surface area contributed by atoms with Gasteiger partial charge in [0.1, 0.15) is 0 Å². The van der Waals surface area contributed by atoms with E-state index in [1.165, 1.54) is 38.5 Å². The van der Waals surface area contributed by atoms with E-state index in [-0.39, 0.29) is 0 Å². The Morgan fingerprint density at radius 1 is 1.07 bits per heavy atom. The molecule has 1 atom stereocenters. The van der Waals surface area contributed by atoms with Gasteiger partial charge in [-0.25, -0.2) is 0 Å². The van der Waals surface area contributed by atoms with Gasteiger partial charge >= 0.3 is 0 Å². The van der Waals surface area contributed by atoms with Gasteiger partial charge in [0, 0.05) is 12.1 Å². The molecule has 0 aliphatic heterocycles. The molecule has 0 aromatic carbocycles. The molecule has 1 nitrogen and oxygen atoms in total. The molecule has 1 rings (SSSR count). The second-order valence-electron chi connectivity index (χ2n) is 5.49. The zero-order valence-corrected chi connectivity index (χ0v) is 11.1. The van der Waals surface area contributed by atoms with Crippen molar-refractivity contribution >= 4 is 0 Å². The molecule has 0 aromatic rings. The first-order valence-corrected chi connectivity index (χ1v) is 6.93. The Kier molecular flexibility index (Phi) is 5.66. The predicted octanol–water partition coefficient (Wildman–Crippen LogP) is 3.98. The smallest absolute Gasteiger partial charge is 0.00698 e. The molecule has 1 aliphatic carbocycles. The van der Waals surface area contributed by atoms with Crippen molar-refractivity contribution in [2.75, 3.05) is 0 Å². The fourth-order valence-electron chi connectivity index (χ4n) is 2.93. The van der Waals surface area contributed by atoms with E-state index in [0.717, 1.165) is 17.9 Å². The van der Waals surface area contributed by atoms with Gasteiger partial charge in [0.05, 0.1) is 0 Å². The first kappa shape index (κ1) is 13.0. The second kappa shape index (κ2) is 6.52. The van der Waals surface area contributed by atoms with Crippen LogP contribution in [0.4, 0.5) is 0 Å². The zero-order valence-electron chi connectivity index (χ0n) is 11.1. The van der Waals surface area contributed by atoms with Crippen molar-refractivity contribution in [2.24, 2.45) is 11.8 Å². The molecule has 0 radical (unpaired) electrons. The monoisotopic (exact) mass is 211 g/mol. The Bertz CT molecular complexity index is 155. The first-order chi connectivity index (χ1) is 7.17. The summed E-state index contributed by atoms with van der Waals surface area (Å²) in [7, 11) is 0. The minimum absolute atomic E-state index is 0.707. The van der Waals surface area contributed by atoms with E-state index in [0.29, 0.717) is 6.04 Å². The lowest BCUT2D eigenvalue weighted by Crippen LogP contribution is -2.42. The minimum Gasteiger partial charge on any atom is -0.311 e. The van der Waals surface area contributed by atoms with Crippen LogP contribution in [-0.2, 0) is 0 Å². The number of hydrogen-bond acceptors (Lipinski definition) is 1. The van der Waals surface area contributed by atoms with E-state index in [1.54, 1.807) is 0 Å². The lowest BCUT2D eigenvalue weighted by molar-refractivity contribution is 0.254. The highest BCUT2D eigenvalue weighted by atomic mass is 14.9. The highest BCUT2D eigenvalue weighted by molar-refractivity contribution is 4.80. The van der Waals surface area contributed by atoms with Crippen molar-refractivity contribution in [3.63, 3.8) is 0 Å². The normalized spacial score (nSPS) is 29.4. The molecule has 1 saturated carbocycles. The Labute approximate surface area is 96.0 Å². The maximum atomic E-state index is 3.84. The third kappa shape index (κ3) is 4.14. The fourth-order valence-corrected chi connectivity index (χ4v) is 2.93. The van der Waals surface area contributed by atoms with Crippen LogP contribution < -0.4 is 5.32 Å². The third-order valence-electron chi connectivity index (χ3n) is 4.27. The van der Waals surface area contributed by atoms with Crippen molar-refractivity contribution in [3.8, 4) is 0 Å². The minimum atomic E-state index is 0.707. The zero-order chi connectivity index (χ0) is 11.3. The van der Waals surface area contributed by atoms with Crippen LogP contribution in [0.25, 0.3) is 0 Å². The van der Waals surface area contributed by atoms with E-state index >= 15 is 0 Å². The van der Waals surface area contributed by atoms with Gasteiger partial charge in [0.25, 0.3) is 0 Å². The summed E-state index contributed by atoms with van der Waals surface area (Å²) in [5.74, 6) is 1.83. The molecule has 0 bridgehead atoms. The van der Waals surface area contributed by atoms with Crippen LogP contribution in [-0.4, -0.2) is 12.1 Å². The summed E-state index contributed by atoms with van der Waals surface area (Å²) >= 11 is 0. The quantitative estimate of drug-likeness (QED) is 0.725. The Balaban J connectivity index is 2.28.